The number of aromatic nitrogens is 2. The molecule has 3 heterocycles. The van der Waals surface area contributed by atoms with Gasteiger partial charge in [-0.15, -0.1) is 0 Å². The van der Waals surface area contributed by atoms with E-state index in [0.717, 1.165) is 12.0 Å². The molecule has 2 aromatic carbocycles. The standard InChI is InChI=1S/C23H19Cl2N5O3/c24-14-5-6-16(25)17(9-14)26-21(32)15-10-18(31)27-20-19(15)22(33)29-23(28-20)30-8-7-12-3-1-2-4-13(12)11-30/h1-6,9,15H,7-8,10-11H2,(H,26,32)(H2,27,28,29,31,33). The lowest BCUT2D eigenvalue weighted by molar-refractivity contribution is -0.123. The lowest BCUT2D eigenvalue weighted by Crippen LogP contribution is -2.38. The molecule has 2 aliphatic rings. The van der Waals surface area contributed by atoms with Crippen LogP contribution in [0.1, 0.15) is 29.0 Å². The van der Waals surface area contributed by atoms with Crippen LogP contribution in [-0.2, 0) is 22.6 Å². The molecule has 10 heteroatoms. The zero-order valence-corrected chi connectivity index (χ0v) is 18.8. The maximum absolute atomic E-state index is 13.1. The summed E-state index contributed by atoms with van der Waals surface area (Å²) < 4.78 is 0. The molecular formula is C23H19Cl2N5O3. The van der Waals surface area contributed by atoms with E-state index in [0.29, 0.717) is 34.8 Å². The average Bonchev–Trinajstić information content (AvgIpc) is 2.80. The number of anilines is 3. The highest BCUT2D eigenvalue weighted by Crippen LogP contribution is 2.33. The van der Waals surface area contributed by atoms with E-state index in [4.69, 9.17) is 23.2 Å². The van der Waals surface area contributed by atoms with E-state index in [1.54, 1.807) is 12.1 Å². The van der Waals surface area contributed by atoms with E-state index >= 15 is 0 Å². The molecule has 0 bridgehead atoms. The van der Waals surface area contributed by atoms with Crippen LogP contribution in [0, 0.1) is 0 Å². The summed E-state index contributed by atoms with van der Waals surface area (Å²) in [5.74, 6) is -1.50. The van der Waals surface area contributed by atoms with Crippen LogP contribution in [0.4, 0.5) is 17.5 Å². The number of benzene rings is 2. The predicted molar refractivity (Wildman–Crippen MR) is 127 cm³/mol. The van der Waals surface area contributed by atoms with Crippen LogP contribution in [0.3, 0.4) is 0 Å². The largest absolute Gasteiger partial charge is 0.338 e. The van der Waals surface area contributed by atoms with Crippen molar-refractivity contribution in [3.8, 4) is 0 Å². The van der Waals surface area contributed by atoms with Crippen molar-refractivity contribution in [2.24, 2.45) is 0 Å². The summed E-state index contributed by atoms with van der Waals surface area (Å²) in [5, 5.41) is 6.00. The first-order chi connectivity index (χ1) is 15.9. The maximum Gasteiger partial charge on any atom is 0.258 e. The second kappa shape index (κ2) is 8.53. The molecule has 0 fully saturated rings. The minimum Gasteiger partial charge on any atom is -0.338 e. The van der Waals surface area contributed by atoms with E-state index < -0.39 is 23.3 Å². The third-order valence-corrected chi connectivity index (χ3v) is 6.44. The van der Waals surface area contributed by atoms with Crippen molar-refractivity contribution in [2.75, 3.05) is 22.1 Å². The monoisotopic (exact) mass is 483 g/mol. The van der Waals surface area contributed by atoms with Gasteiger partial charge in [0.05, 0.1) is 22.2 Å². The van der Waals surface area contributed by atoms with Crippen LogP contribution in [0.5, 0.6) is 0 Å². The van der Waals surface area contributed by atoms with E-state index in [-0.39, 0.29) is 17.8 Å². The molecule has 1 unspecified atom stereocenters. The van der Waals surface area contributed by atoms with Gasteiger partial charge in [-0.2, -0.15) is 4.98 Å². The molecule has 2 amide bonds. The summed E-state index contributed by atoms with van der Waals surface area (Å²) in [6.45, 7) is 1.26. The molecular weight excluding hydrogens is 465 g/mol. The van der Waals surface area contributed by atoms with Gasteiger partial charge in [0.15, 0.2) is 0 Å². The average molecular weight is 484 g/mol. The Hall–Kier alpha value is -3.36. The fraction of sp³-hybridized carbons (Fsp3) is 0.217. The summed E-state index contributed by atoms with van der Waals surface area (Å²) in [7, 11) is 0. The van der Waals surface area contributed by atoms with E-state index in [2.05, 4.69) is 26.7 Å². The fourth-order valence-electron chi connectivity index (χ4n) is 4.22. The minimum atomic E-state index is -1.02. The van der Waals surface area contributed by atoms with Crippen LogP contribution < -0.4 is 21.1 Å². The van der Waals surface area contributed by atoms with Crippen LogP contribution in [0.25, 0.3) is 0 Å². The molecule has 0 saturated heterocycles. The normalized spacial score (nSPS) is 17.1. The van der Waals surface area contributed by atoms with E-state index in [1.165, 1.54) is 11.6 Å². The molecule has 0 radical (unpaired) electrons. The number of amides is 2. The van der Waals surface area contributed by atoms with E-state index in [9.17, 15) is 14.4 Å². The molecule has 5 rings (SSSR count). The molecule has 1 atom stereocenters. The molecule has 8 nitrogen and oxygen atoms in total. The fourth-order valence-corrected chi connectivity index (χ4v) is 4.56. The van der Waals surface area contributed by atoms with Gasteiger partial charge in [0.2, 0.25) is 17.8 Å². The number of nitrogens with one attached hydrogen (secondary N) is 3. The number of carbonyl (C=O) groups excluding carboxylic acids is 2. The topological polar surface area (TPSA) is 107 Å². The van der Waals surface area contributed by atoms with Gasteiger partial charge in [-0.25, -0.2) is 0 Å². The molecule has 2 aliphatic heterocycles. The first-order valence-corrected chi connectivity index (χ1v) is 11.2. The van der Waals surface area contributed by atoms with Crippen LogP contribution in [0.15, 0.2) is 47.3 Å². The Balaban J connectivity index is 1.46. The van der Waals surface area contributed by atoms with Crippen LogP contribution in [0.2, 0.25) is 10.0 Å². The highest BCUT2D eigenvalue weighted by Gasteiger charge is 2.35. The SMILES string of the molecule is O=C1CC(C(=O)Nc2cc(Cl)ccc2Cl)c2c(nc(N3CCc4ccccc4C3)[nH]c2=O)N1. The Labute approximate surface area is 198 Å². The third kappa shape index (κ3) is 4.19. The number of hydrogen-bond acceptors (Lipinski definition) is 5. The number of nitrogens with zero attached hydrogens (tertiary/aromatic N) is 2. The van der Waals surface area contributed by atoms with Crippen molar-refractivity contribution in [3.63, 3.8) is 0 Å². The Bertz CT molecular complexity index is 1340. The Morgan fingerprint density at radius 3 is 2.73 bits per heavy atom. The van der Waals surface area contributed by atoms with Gasteiger partial charge in [0.25, 0.3) is 5.56 Å². The van der Waals surface area contributed by atoms with Crippen molar-refractivity contribution in [1.82, 2.24) is 9.97 Å². The number of H-pyrrole nitrogens is 1. The molecule has 1 aromatic heterocycles. The Morgan fingerprint density at radius 1 is 1.12 bits per heavy atom. The molecule has 3 aromatic rings. The van der Waals surface area contributed by atoms with Gasteiger partial charge >= 0.3 is 0 Å². The lowest BCUT2D eigenvalue weighted by Gasteiger charge is -2.30. The van der Waals surface area contributed by atoms with Crippen molar-refractivity contribution in [1.29, 1.82) is 0 Å². The highest BCUT2D eigenvalue weighted by molar-refractivity contribution is 6.35. The van der Waals surface area contributed by atoms with Gasteiger partial charge in [-0.05, 0) is 35.7 Å². The molecule has 168 valence electrons. The van der Waals surface area contributed by atoms with Gasteiger partial charge in [0.1, 0.15) is 5.82 Å². The molecule has 33 heavy (non-hydrogen) atoms. The third-order valence-electron chi connectivity index (χ3n) is 5.87. The van der Waals surface area contributed by atoms with Gasteiger partial charge in [0, 0.05) is 24.5 Å². The number of hydrogen-bond donors (Lipinski definition) is 3. The highest BCUT2D eigenvalue weighted by atomic mass is 35.5. The van der Waals surface area contributed by atoms with Crippen molar-refractivity contribution < 1.29 is 9.59 Å². The van der Waals surface area contributed by atoms with Crippen molar-refractivity contribution in [2.45, 2.75) is 25.3 Å². The van der Waals surface area contributed by atoms with Gasteiger partial charge < -0.3 is 15.5 Å². The summed E-state index contributed by atoms with van der Waals surface area (Å²) >= 11 is 12.1. The number of fused-ring (bicyclic) bond motifs is 2. The first-order valence-electron chi connectivity index (χ1n) is 10.4. The Kier molecular flexibility index (Phi) is 5.55. The summed E-state index contributed by atoms with van der Waals surface area (Å²) in [4.78, 5) is 47.7. The van der Waals surface area contributed by atoms with Crippen LogP contribution in [-0.4, -0.2) is 28.3 Å². The number of carbonyl (C=O) groups is 2. The Morgan fingerprint density at radius 2 is 1.91 bits per heavy atom. The summed E-state index contributed by atoms with van der Waals surface area (Å²) in [6.07, 6.45) is 0.632. The zero-order valence-electron chi connectivity index (χ0n) is 17.3. The van der Waals surface area contributed by atoms with Gasteiger partial charge in [-0.1, -0.05) is 47.5 Å². The molecule has 3 N–H and O–H groups in total. The predicted octanol–water partition coefficient (Wildman–Crippen LogP) is 3.70. The molecule has 0 saturated carbocycles. The van der Waals surface area contributed by atoms with Gasteiger partial charge in [-0.3, -0.25) is 19.4 Å². The second-order valence-electron chi connectivity index (χ2n) is 8.01. The lowest BCUT2D eigenvalue weighted by atomic mass is 9.92. The zero-order chi connectivity index (χ0) is 23.1. The van der Waals surface area contributed by atoms with Crippen molar-refractivity contribution >= 4 is 52.5 Å². The first kappa shape index (κ1) is 21.5. The molecule has 0 aliphatic carbocycles. The second-order valence-corrected chi connectivity index (χ2v) is 8.85. The summed E-state index contributed by atoms with van der Waals surface area (Å²) in [5.41, 5.74) is 2.37. The number of halogens is 2. The van der Waals surface area contributed by atoms with E-state index in [1.807, 2.05) is 23.1 Å². The summed E-state index contributed by atoms with van der Waals surface area (Å²) in [6, 6.07) is 12.8. The number of rotatable bonds is 3. The smallest absolute Gasteiger partial charge is 0.258 e. The number of aromatic amines is 1. The van der Waals surface area contributed by atoms with Crippen molar-refractivity contribution in [3.05, 3.63) is 79.6 Å². The quantitative estimate of drug-likeness (QED) is 0.526. The van der Waals surface area contributed by atoms with Crippen LogP contribution >= 0.6 is 23.2 Å². The molecule has 0 spiro atoms. The minimum absolute atomic E-state index is 0.0983. The maximum atomic E-state index is 13.1.